The molecule has 8 heteroatoms. The molecule has 0 aliphatic carbocycles. The van der Waals surface area contributed by atoms with Crippen molar-refractivity contribution in [2.75, 3.05) is 26.2 Å². The summed E-state index contributed by atoms with van der Waals surface area (Å²) in [6.07, 6.45) is 1.50. The standard InChI is InChI=1S/C18H28N4O3.HI/c1-3-19-17(20-13-14-5-7-16(23)8-6-14)21-15-9-11-22(12-10-15)18(24)25-4-2;/h5-8,15,23H,3-4,9-13H2,1-2H3,(H2,19,20,21);1H. The first kappa shape index (κ1) is 22.3. The number of likely N-dealkylation sites (tertiary alicyclic amines) is 1. The maximum absolute atomic E-state index is 11.7. The number of rotatable bonds is 5. The summed E-state index contributed by atoms with van der Waals surface area (Å²) in [5, 5.41) is 16.0. The van der Waals surface area contributed by atoms with Crippen LogP contribution in [0.3, 0.4) is 0 Å². The highest BCUT2D eigenvalue weighted by Gasteiger charge is 2.23. The van der Waals surface area contributed by atoms with Crippen molar-refractivity contribution < 1.29 is 14.6 Å². The van der Waals surface area contributed by atoms with Gasteiger partial charge in [0.05, 0.1) is 13.2 Å². The molecule has 26 heavy (non-hydrogen) atoms. The fourth-order valence-electron chi connectivity index (χ4n) is 2.71. The smallest absolute Gasteiger partial charge is 0.409 e. The molecule has 1 aromatic carbocycles. The minimum Gasteiger partial charge on any atom is -0.508 e. The molecule has 2 rings (SSSR count). The molecule has 1 heterocycles. The van der Waals surface area contributed by atoms with Crippen molar-refractivity contribution in [2.45, 2.75) is 39.3 Å². The number of hydrogen-bond acceptors (Lipinski definition) is 4. The van der Waals surface area contributed by atoms with Gasteiger partial charge >= 0.3 is 6.09 Å². The Morgan fingerprint density at radius 1 is 1.27 bits per heavy atom. The summed E-state index contributed by atoms with van der Waals surface area (Å²) in [6.45, 7) is 6.95. The van der Waals surface area contributed by atoms with E-state index in [1.807, 2.05) is 26.0 Å². The minimum absolute atomic E-state index is 0. The largest absolute Gasteiger partial charge is 0.508 e. The fraction of sp³-hybridized carbons (Fsp3) is 0.556. The van der Waals surface area contributed by atoms with E-state index in [4.69, 9.17) is 4.74 Å². The molecule has 3 N–H and O–H groups in total. The molecular weight excluding hydrogens is 447 g/mol. The number of halogens is 1. The second-order valence-corrected chi connectivity index (χ2v) is 5.97. The maximum Gasteiger partial charge on any atom is 0.409 e. The van der Waals surface area contributed by atoms with Gasteiger partial charge in [-0.1, -0.05) is 12.1 Å². The Morgan fingerprint density at radius 2 is 1.92 bits per heavy atom. The van der Waals surface area contributed by atoms with Gasteiger partial charge in [-0.3, -0.25) is 0 Å². The van der Waals surface area contributed by atoms with E-state index in [2.05, 4.69) is 15.6 Å². The van der Waals surface area contributed by atoms with Crippen LogP contribution in [-0.4, -0.2) is 54.3 Å². The Labute approximate surface area is 172 Å². The number of hydrogen-bond donors (Lipinski definition) is 3. The van der Waals surface area contributed by atoms with Crippen molar-refractivity contribution in [1.82, 2.24) is 15.5 Å². The zero-order valence-electron chi connectivity index (χ0n) is 15.4. The van der Waals surface area contributed by atoms with Gasteiger partial charge in [0.1, 0.15) is 5.75 Å². The third kappa shape index (κ3) is 7.27. The van der Waals surface area contributed by atoms with Gasteiger partial charge in [-0.15, -0.1) is 24.0 Å². The van der Waals surface area contributed by atoms with E-state index in [1.54, 1.807) is 17.0 Å². The predicted molar refractivity (Wildman–Crippen MR) is 113 cm³/mol. The normalized spacial score (nSPS) is 15.2. The van der Waals surface area contributed by atoms with Gasteiger partial charge < -0.3 is 25.4 Å². The molecule has 0 bridgehead atoms. The van der Waals surface area contributed by atoms with Gasteiger partial charge in [-0.25, -0.2) is 9.79 Å². The molecule has 7 nitrogen and oxygen atoms in total. The van der Waals surface area contributed by atoms with E-state index in [0.29, 0.717) is 26.2 Å². The summed E-state index contributed by atoms with van der Waals surface area (Å²) in [5.74, 6) is 1.02. The van der Waals surface area contributed by atoms with Crippen LogP contribution in [0.1, 0.15) is 32.3 Å². The number of nitrogens with zero attached hydrogens (tertiary/aromatic N) is 2. The first-order chi connectivity index (χ1) is 12.1. The summed E-state index contributed by atoms with van der Waals surface area (Å²) in [7, 11) is 0. The molecular formula is C18H29IN4O3. The van der Waals surface area contributed by atoms with Crippen molar-refractivity contribution in [3.05, 3.63) is 29.8 Å². The van der Waals surface area contributed by atoms with Crippen molar-refractivity contribution >= 4 is 36.0 Å². The number of aliphatic imine (C=N–C) groups is 1. The molecule has 0 radical (unpaired) electrons. The van der Waals surface area contributed by atoms with Gasteiger partial charge in [0, 0.05) is 25.7 Å². The van der Waals surface area contributed by atoms with Crippen molar-refractivity contribution in [2.24, 2.45) is 4.99 Å². The maximum atomic E-state index is 11.7. The van der Waals surface area contributed by atoms with E-state index in [0.717, 1.165) is 30.9 Å². The number of phenols is 1. The van der Waals surface area contributed by atoms with Gasteiger partial charge in [0.15, 0.2) is 5.96 Å². The lowest BCUT2D eigenvalue weighted by Crippen LogP contribution is -2.49. The molecule has 0 spiro atoms. The van der Waals surface area contributed by atoms with Crippen LogP contribution < -0.4 is 10.6 Å². The molecule has 1 aliphatic heterocycles. The minimum atomic E-state index is -0.228. The van der Waals surface area contributed by atoms with E-state index in [1.165, 1.54) is 0 Å². The van der Waals surface area contributed by atoms with Crippen LogP contribution in [0.2, 0.25) is 0 Å². The summed E-state index contributed by atoms with van der Waals surface area (Å²) >= 11 is 0. The number of carbonyl (C=O) groups is 1. The van der Waals surface area contributed by atoms with Gasteiger partial charge in [0.2, 0.25) is 0 Å². The monoisotopic (exact) mass is 476 g/mol. The van der Waals surface area contributed by atoms with Gasteiger partial charge in [-0.2, -0.15) is 0 Å². The Bertz CT molecular complexity index is 572. The summed E-state index contributed by atoms with van der Waals surface area (Å²) in [6, 6.07) is 7.33. The predicted octanol–water partition coefficient (Wildman–Crippen LogP) is 2.69. The van der Waals surface area contributed by atoms with Crippen LogP contribution in [0.5, 0.6) is 5.75 Å². The van der Waals surface area contributed by atoms with Gasteiger partial charge in [0.25, 0.3) is 0 Å². The third-order valence-electron chi connectivity index (χ3n) is 4.06. The molecule has 1 saturated heterocycles. The first-order valence-corrected chi connectivity index (χ1v) is 8.86. The van der Waals surface area contributed by atoms with Crippen molar-refractivity contribution in [3.63, 3.8) is 0 Å². The molecule has 0 unspecified atom stereocenters. The lowest BCUT2D eigenvalue weighted by molar-refractivity contribution is 0.0963. The van der Waals surface area contributed by atoms with Crippen LogP contribution in [0.4, 0.5) is 4.79 Å². The SMILES string of the molecule is CCNC(=NCc1ccc(O)cc1)NC1CCN(C(=O)OCC)CC1.I. The second-order valence-electron chi connectivity index (χ2n) is 5.97. The Morgan fingerprint density at radius 3 is 2.50 bits per heavy atom. The van der Waals surface area contributed by atoms with E-state index in [-0.39, 0.29) is 41.9 Å². The van der Waals surface area contributed by atoms with Gasteiger partial charge in [-0.05, 0) is 44.4 Å². The number of ether oxygens (including phenoxy) is 1. The number of amides is 1. The van der Waals surface area contributed by atoms with Crippen LogP contribution >= 0.6 is 24.0 Å². The van der Waals surface area contributed by atoms with Crippen LogP contribution in [0.15, 0.2) is 29.3 Å². The average Bonchev–Trinajstić information content (AvgIpc) is 2.62. The third-order valence-corrected chi connectivity index (χ3v) is 4.06. The number of carbonyl (C=O) groups excluding carboxylic acids is 1. The molecule has 146 valence electrons. The zero-order chi connectivity index (χ0) is 18.1. The molecule has 1 aliphatic rings. The summed E-state index contributed by atoms with van der Waals surface area (Å²) in [5.41, 5.74) is 1.03. The lowest BCUT2D eigenvalue weighted by atomic mass is 10.1. The Hall–Kier alpha value is -1.71. The summed E-state index contributed by atoms with van der Waals surface area (Å²) < 4.78 is 5.04. The van der Waals surface area contributed by atoms with E-state index >= 15 is 0 Å². The summed E-state index contributed by atoms with van der Waals surface area (Å²) in [4.78, 5) is 18.1. The molecule has 1 fully saturated rings. The second kappa shape index (κ2) is 11.8. The van der Waals surface area contributed by atoms with Crippen molar-refractivity contribution in [1.29, 1.82) is 0 Å². The number of benzene rings is 1. The molecule has 0 atom stereocenters. The number of guanidine groups is 1. The highest BCUT2D eigenvalue weighted by atomic mass is 127. The van der Waals surface area contributed by atoms with Crippen LogP contribution in [0.25, 0.3) is 0 Å². The Kier molecular flexibility index (Phi) is 10.2. The van der Waals surface area contributed by atoms with E-state index in [9.17, 15) is 9.90 Å². The van der Waals surface area contributed by atoms with E-state index < -0.39 is 0 Å². The molecule has 0 aromatic heterocycles. The first-order valence-electron chi connectivity index (χ1n) is 8.86. The number of aromatic hydroxyl groups is 1. The molecule has 1 amide bonds. The van der Waals surface area contributed by atoms with Crippen molar-refractivity contribution in [3.8, 4) is 5.75 Å². The number of nitrogens with one attached hydrogen (secondary N) is 2. The highest BCUT2D eigenvalue weighted by Crippen LogP contribution is 2.12. The Balaban J connectivity index is 0.00000338. The zero-order valence-corrected chi connectivity index (χ0v) is 17.7. The van der Waals surface area contributed by atoms with Crippen LogP contribution in [-0.2, 0) is 11.3 Å². The number of piperidine rings is 1. The molecule has 1 aromatic rings. The highest BCUT2D eigenvalue weighted by molar-refractivity contribution is 14.0. The molecule has 0 saturated carbocycles. The lowest BCUT2D eigenvalue weighted by Gasteiger charge is -2.32. The van der Waals surface area contributed by atoms with Crippen LogP contribution in [0, 0.1) is 0 Å². The fourth-order valence-corrected chi connectivity index (χ4v) is 2.71. The quantitative estimate of drug-likeness (QED) is 0.346. The topological polar surface area (TPSA) is 86.2 Å². The average molecular weight is 476 g/mol. The number of phenolic OH excluding ortho intramolecular Hbond substituents is 1.